The van der Waals surface area contributed by atoms with Crippen molar-refractivity contribution in [3.63, 3.8) is 0 Å². The van der Waals surface area contributed by atoms with Crippen LogP contribution in [-0.4, -0.2) is 109 Å². The van der Waals surface area contributed by atoms with E-state index in [1.54, 1.807) is 7.11 Å². The van der Waals surface area contributed by atoms with E-state index in [1.807, 2.05) is 11.0 Å². The number of hydrogen-bond acceptors (Lipinski definition) is 8. The van der Waals surface area contributed by atoms with Crippen molar-refractivity contribution in [2.24, 2.45) is 0 Å². The Morgan fingerprint density at radius 2 is 1.81 bits per heavy atom. The third-order valence-electron chi connectivity index (χ3n) is 7.24. The Bertz CT molecular complexity index is 873. The van der Waals surface area contributed by atoms with Gasteiger partial charge in [-0.25, -0.2) is 0 Å². The molecule has 1 aromatic rings. The molecule has 1 aromatic carbocycles. The number of carbonyl (C=O) groups excluding carboxylic acids is 1. The molecule has 200 valence electrons. The predicted molar refractivity (Wildman–Crippen MR) is 130 cm³/mol. The molecule has 4 heterocycles. The molecule has 1 spiro atoms. The summed E-state index contributed by atoms with van der Waals surface area (Å²) in [6, 6.07) is 6.37. The Balaban J connectivity index is 0.000000550. The van der Waals surface area contributed by atoms with Gasteiger partial charge in [0.05, 0.1) is 19.8 Å². The molecule has 0 saturated carbocycles. The molecule has 0 bridgehead atoms. The number of amides is 1. The van der Waals surface area contributed by atoms with Crippen molar-refractivity contribution < 1.29 is 38.8 Å². The topological polar surface area (TPSA) is 129 Å². The Morgan fingerprint density at radius 1 is 1.08 bits per heavy atom. The first kappa shape index (κ1) is 27.7. The molecule has 4 aliphatic rings. The highest BCUT2D eigenvalue weighted by atomic mass is 16.5. The summed E-state index contributed by atoms with van der Waals surface area (Å²) in [7, 11) is 1.70. The summed E-state index contributed by atoms with van der Waals surface area (Å²) in [4.78, 5) is 36.0. The summed E-state index contributed by atoms with van der Waals surface area (Å²) < 4.78 is 17.8. The van der Waals surface area contributed by atoms with Crippen molar-refractivity contribution in [1.82, 2.24) is 14.7 Å². The molecule has 4 aliphatic heterocycles. The van der Waals surface area contributed by atoms with Crippen LogP contribution in [0.2, 0.25) is 0 Å². The van der Waals surface area contributed by atoms with E-state index < -0.39 is 0 Å². The van der Waals surface area contributed by atoms with Crippen LogP contribution in [0.5, 0.6) is 11.5 Å². The van der Waals surface area contributed by atoms with Gasteiger partial charge in [-0.05, 0) is 43.6 Å². The number of nitrogens with zero attached hydrogens (tertiary/aromatic N) is 3. The average molecular weight is 508 g/mol. The molecule has 1 amide bonds. The van der Waals surface area contributed by atoms with E-state index in [0.717, 1.165) is 44.1 Å². The molecule has 5 rings (SSSR count). The van der Waals surface area contributed by atoms with Gasteiger partial charge in [0.1, 0.15) is 6.61 Å². The monoisotopic (exact) mass is 507 g/mol. The molecule has 0 unspecified atom stereocenters. The third-order valence-corrected chi connectivity index (χ3v) is 7.24. The van der Waals surface area contributed by atoms with Crippen molar-refractivity contribution in [3.8, 4) is 11.5 Å². The number of carboxylic acid groups (broad SMARTS) is 2. The second-order valence-electron chi connectivity index (χ2n) is 9.13. The number of methoxy groups -OCH3 is 1. The summed E-state index contributed by atoms with van der Waals surface area (Å²) in [5.41, 5.74) is 0.801. The van der Waals surface area contributed by atoms with Crippen LogP contribution < -0.4 is 9.47 Å². The number of ether oxygens (including phenoxy) is 3. The zero-order valence-electron chi connectivity index (χ0n) is 20.8. The fourth-order valence-electron chi connectivity index (χ4n) is 5.70. The minimum atomic E-state index is -0.376. The number of piperidine rings is 1. The predicted octanol–water partition coefficient (Wildman–Crippen LogP) is 1.49. The number of likely N-dealkylation sites (tertiary alicyclic amines) is 2. The second kappa shape index (κ2) is 13.4. The highest BCUT2D eigenvalue weighted by molar-refractivity contribution is 5.81. The molecule has 11 nitrogen and oxygen atoms in total. The SMILES string of the molecule is COc1cc(CN2CC[C@@]34OCCN3C(=O)C[C@@H]24)ccc1OCCN1CCCCC1.O=CO.O=CO. The summed E-state index contributed by atoms with van der Waals surface area (Å²) in [5, 5.41) is 13.8. The lowest BCUT2D eigenvalue weighted by Crippen LogP contribution is -2.47. The first-order valence-electron chi connectivity index (χ1n) is 12.4. The fourth-order valence-corrected chi connectivity index (χ4v) is 5.70. The standard InChI is InChI=1S/C23H33N3O4.2CH2O2/c1-28-20-15-18(5-6-19(20)29-13-11-24-8-3-2-4-9-24)17-25-10-7-23-21(25)16-22(27)26(23)12-14-30-23;2*2-1-3/h5-6,15,21H,2-4,7-14,16-17H2,1H3;2*1H,(H,2,3)/t21-,23+;;/m1../s1. The lowest BCUT2D eigenvalue weighted by Gasteiger charge is -2.31. The highest BCUT2D eigenvalue weighted by Gasteiger charge is 2.61. The normalized spacial score (nSPS) is 25.1. The summed E-state index contributed by atoms with van der Waals surface area (Å²) in [6.07, 6.45) is 5.41. The van der Waals surface area contributed by atoms with Gasteiger partial charge in [0, 0.05) is 39.0 Å². The van der Waals surface area contributed by atoms with E-state index >= 15 is 0 Å². The largest absolute Gasteiger partial charge is 0.493 e. The minimum absolute atomic E-state index is 0.152. The Morgan fingerprint density at radius 3 is 2.50 bits per heavy atom. The van der Waals surface area contributed by atoms with E-state index in [0.29, 0.717) is 19.6 Å². The van der Waals surface area contributed by atoms with Gasteiger partial charge in [-0.1, -0.05) is 12.5 Å². The zero-order valence-corrected chi connectivity index (χ0v) is 20.8. The lowest BCUT2D eigenvalue weighted by atomic mass is 10.1. The number of benzene rings is 1. The van der Waals surface area contributed by atoms with Crippen LogP contribution in [0.1, 0.15) is 37.7 Å². The van der Waals surface area contributed by atoms with Crippen LogP contribution in [-0.2, 0) is 25.7 Å². The fraction of sp³-hybridized carbons (Fsp3) is 0.640. The van der Waals surface area contributed by atoms with Crippen molar-refractivity contribution in [3.05, 3.63) is 23.8 Å². The first-order valence-corrected chi connectivity index (χ1v) is 12.4. The van der Waals surface area contributed by atoms with Gasteiger partial charge in [0.15, 0.2) is 17.2 Å². The molecule has 0 radical (unpaired) electrons. The quantitative estimate of drug-likeness (QED) is 0.524. The van der Waals surface area contributed by atoms with Crippen LogP contribution in [0.25, 0.3) is 0 Å². The van der Waals surface area contributed by atoms with E-state index in [9.17, 15) is 4.79 Å². The maximum atomic E-state index is 12.4. The minimum Gasteiger partial charge on any atom is -0.493 e. The lowest BCUT2D eigenvalue weighted by molar-refractivity contribution is -0.136. The first-order chi connectivity index (χ1) is 17.5. The van der Waals surface area contributed by atoms with Crippen LogP contribution >= 0.6 is 0 Å². The van der Waals surface area contributed by atoms with E-state index in [-0.39, 0.29) is 30.6 Å². The Hall–Kier alpha value is -2.89. The molecule has 11 heteroatoms. The summed E-state index contributed by atoms with van der Waals surface area (Å²) >= 11 is 0. The maximum Gasteiger partial charge on any atom is 0.290 e. The van der Waals surface area contributed by atoms with Crippen molar-refractivity contribution >= 4 is 18.9 Å². The second-order valence-corrected chi connectivity index (χ2v) is 9.13. The van der Waals surface area contributed by atoms with Gasteiger partial charge >= 0.3 is 0 Å². The highest BCUT2D eigenvalue weighted by Crippen LogP contribution is 2.46. The van der Waals surface area contributed by atoms with E-state index in [2.05, 4.69) is 21.9 Å². The van der Waals surface area contributed by atoms with Crippen LogP contribution in [0.15, 0.2) is 18.2 Å². The van der Waals surface area contributed by atoms with Gasteiger partial charge < -0.3 is 29.3 Å². The van der Waals surface area contributed by atoms with Crippen LogP contribution in [0.4, 0.5) is 0 Å². The molecule has 0 aromatic heterocycles. The Labute approximate surface area is 211 Å². The molecule has 4 fully saturated rings. The van der Waals surface area contributed by atoms with E-state index in [1.165, 1.54) is 37.9 Å². The summed E-state index contributed by atoms with van der Waals surface area (Å²) in [6.45, 7) is 6.65. The van der Waals surface area contributed by atoms with Gasteiger partial charge in [-0.15, -0.1) is 0 Å². The van der Waals surface area contributed by atoms with Crippen LogP contribution in [0, 0.1) is 0 Å². The van der Waals surface area contributed by atoms with Gasteiger partial charge in [-0.3, -0.25) is 24.2 Å². The van der Waals surface area contributed by atoms with Gasteiger partial charge in [0.25, 0.3) is 12.9 Å². The van der Waals surface area contributed by atoms with Gasteiger partial charge in [-0.2, -0.15) is 0 Å². The number of hydrogen-bond donors (Lipinski definition) is 2. The Kier molecular flexibility index (Phi) is 10.3. The molecule has 2 atom stereocenters. The molecule has 0 aliphatic carbocycles. The summed E-state index contributed by atoms with van der Waals surface area (Å²) in [5.74, 6) is 1.82. The van der Waals surface area contributed by atoms with Crippen molar-refractivity contribution in [1.29, 1.82) is 0 Å². The molecular weight excluding hydrogens is 470 g/mol. The molecule has 2 N–H and O–H groups in total. The molecular formula is C25H37N3O8. The number of rotatable bonds is 7. The van der Waals surface area contributed by atoms with Crippen LogP contribution in [0.3, 0.4) is 0 Å². The van der Waals surface area contributed by atoms with Crippen molar-refractivity contribution in [2.45, 2.75) is 50.4 Å². The van der Waals surface area contributed by atoms with Gasteiger partial charge in [0.2, 0.25) is 5.91 Å². The van der Waals surface area contributed by atoms with E-state index in [4.69, 9.17) is 34.0 Å². The average Bonchev–Trinajstić information content (AvgIpc) is 3.53. The number of carbonyl (C=O) groups is 3. The molecule has 36 heavy (non-hydrogen) atoms. The van der Waals surface area contributed by atoms with Crippen molar-refractivity contribution in [2.75, 3.05) is 53.0 Å². The smallest absolute Gasteiger partial charge is 0.290 e. The zero-order chi connectivity index (χ0) is 26.0. The molecule has 4 saturated heterocycles. The maximum absolute atomic E-state index is 12.4. The third kappa shape index (κ3) is 6.26.